The maximum atomic E-state index is 13.0. The van der Waals surface area contributed by atoms with E-state index in [0.717, 1.165) is 14.7 Å². The number of hydrogen-bond donors (Lipinski definition) is 1. The van der Waals surface area contributed by atoms with Crippen LogP contribution in [0.4, 0.5) is 4.39 Å². The molecule has 2 rings (SSSR count). The SMILES string of the molecule is O/N=C/c1ccc(OCc2cccc(F)c2)c(I)c1. The molecule has 0 atom stereocenters. The highest BCUT2D eigenvalue weighted by molar-refractivity contribution is 14.1. The molecule has 0 saturated carbocycles. The topological polar surface area (TPSA) is 41.8 Å². The van der Waals surface area contributed by atoms with Crippen LogP contribution in [0.2, 0.25) is 0 Å². The summed E-state index contributed by atoms with van der Waals surface area (Å²) in [6.07, 6.45) is 1.35. The summed E-state index contributed by atoms with van der Waals surface area (Å²) >= 11 is 2.13. The third-order valence-corrected chi connectivity index (χ3v) is 3.29. The zero-order chi connectivity index (χ0) is 13.7. The van der Waals surface area contributed by atoms with E-state index in [1.54, 1.807) is 18.2 Å². The molecule has 19 heavy (non-hydrogen) atoms. The zero-order valence-electron chi connectivity index (χ0n) is 9.88. The maximum Gasteiger partial charge on any atom is 0.133 e. The van der Waals surface area contributed by atoms with Gasteiger partial charge in [0.05, 0.1) is 9.78 Å². The van der Waals surface area contributed by atoms with Crippen LogP contribution in [-0.4, -0.2) is 11.4 Å². The fraction of sp³-hybridized carbons (Fsp3) is 0.0714. The standard InChI is InChI=1S/C14H11FINO2/c15-12-3-1-2-11(6-12)9-19-14-5-4-10(8-17-18)7-13(14)16/h1-8,18H,9H2/b17-8+. The van der Waals surface area contributed by atoms with E-state index in [1.807, 2.05) is 12.1 Å². The fourth-order valence-electron chi connectivity index (χ4n) is 1.57. The summed E-state index contributed by atoms with van der Waals surface area (Å²) in [4.78, 5) is 0. The van der Waals surface area contributed by atoms with Gasteiger partial charge in [0, 0.05) is 0 Å². The first-order valence-corrected chi connectivity index (χ1v) is 6.61. The molecule has 0 aliphatic rings. The van der Waals surface area contributed by atoms with E-state index in [9.17, 15) is 4.39 Å². The summed E-state index contributed by atoms with van der Waals surface area (Å²) < 4.78 is 19.5. The van der Waals surface area contributed by atoms with Gasteiger partial charge in [-0.1, -0.05) is 17.3 Å². The van der Waals surface area contributed by atoms with E-state index >= 15 is 0 Å². The second kappa shape index (κ2) is 6.51. The average Bonchev–Trinajstić information content (AvgIpc) is 2.38. The summed E-state index contributed by atoms with van der Waals surface area (Å²) in [5.41, 5.74) is 1.56. The third-order valence-electron chi connectivity index (χ3n) is 2.45. The number of halogens is 2. The molecule has 0 heterocycles. The van der Waals surface area contributed by atoms with Crippen molar-refractivity contribution in [1.82, 2.24) is 0 Å². The molecule has 0 aliphatic carbocycles. The van der Waals surface area contributed by atoms with Gasteiger partial charge in [-0.2, -0.15) is 0 Å². The van der Waals surface area contributed by atoms with Crippen LogP contribution < -0.4 is 4.74 Å². The second-order valence-corrected chi connectivity index (χ2v) is 5.02. The van der Waals surface area contributed by atoms with Crippen molar-refractivity contribution < 1.29 is 14.3 Å². The number of oxime groups is 1. The van der Waals surface area contributed by atoms with E-state index < -0.39 is 0 Å². The fourth-order valence-corrected chi connectivity index (χ4v) is 2.26. The minimum Gasteiger partial charge on any atom is -0.488 e. The van der Waals surface area contributed by atoms with Crippen LogP contribution in [-0.2, 0) is 6.61 Å². The van der Waals surface area contributed by atoms with Gasteiger partial charge in [-0.3, -0.25) is 0 Å². The Morgan fingerprint density at radius 3 is 2.79 bits per heavy atom. The summed E-state index contributed by atoms with van der Waals surface area (Å²) in [5, 5.41) is 11.4. The van der Waals surface area contributed by atoms with Crippen molar-refractivity contribution in [2.45, 2.75) is 6.61 Å². The molecule has 0 saturated heterocycles. The Bertz CT molecular complexity index is 602. The van der Waals surface area contributed by atoms with Gasteiger partial charge < -0.3 is 9.94 Å². The first kappa shape index (κ1) is 13.8. The van der Waals surface area contributed by atoms with Crippen molar-refractivity contribution in [2.75, 3.05) is 0 Å². The number of rotatable bonds is 4. The lowest BCUT2D eigenvalue weighted by atomic mass is 10.2. The molecular weight excluding hydrogens is 360 g/mol. The largest absolute Gasteiger partial charge is 0.488 e. The van der Waals surface area contributed by atoms with Crippen LogP contribution in [0, 0.1) is 9.39 Å². The molecule has 0 radical (unpaired) electrons. The lowest BCUT2D eigenvalue weighted by Crippen LogP contribution is -1.98. The van der Waals surface area contributed by atoms with Gasteiger partial charge in [0.2, 0.25) is 0 Å². The van der Waals surface area contributed by atoms with Crippen LogP contribution in [0.1, 0.15) is 11.1 Å². The zero-order valence-corrected chi connectivity index (χ0v) is 12.0. The van der Waals surface area contributed by atoms with Gasteiger partial charge in [-0.05, 0) is 64.0 Å². The van der Waals surface area contributed by atoms with Gasteiger partial charge in [0.15, 0.2) is 0 Å². The van der Waals surface area contributed by atoms with E-state index in [4.69, 9.17) is 9.94 Å². The van der Waals surface area contributed by atoms with Crippen molar-refractivity contribution in [3.8, 4) is 5.75 Å². The molecule has 0 aromatic heterocycles. The van der Waals surface area contributed by atoms with Gasteiger partial charge in [0.1, 0.15) is 18.2 Å². The predicted molar refractivity (Wildman–Crippen MR) is 79.3 cm³/mol. The predicted octanol–water partition coefficient (Wildman–Crippen LogP) is 3.82. The highest BCUT2D eigenvalue weighted by atomic mass is 127. The van der Waals surface area contributed by atoms with E-state index in [-0.39, 0.29) is 5.82 Å². The normalized spacial score (nSPS) is 10.8. The van der Waals surface area contributed by atoms with Crippen molar-refractivity contribution in [2.24, 2.45) is 5.16 Å². The van der Waals surface area contributed by atoms with Crippen LogP contribution >= 0.6 is 22.6 Å². The van der Waals surface area contributed by atoms with Crippen molar-refractivity contribution in [3.63, 3.8) is 0 Å². The molecular formula is C14H11FINO2. The molecule has 98 valence electrons. The molecule has 3 nitrogen and oxygen atoms in total. The van der Waals surface area contributed by atoms with Gasteiger partial charge in [0.25, 0.3) is 0 Å². The summed E-state index contributed by atoms with van der Waals surface area (Å²) in [7, 11) is 0. The summed E-state index contributed by atoms with van der Waals surface area (Å²) in [6.45, 7) is 0.307. The highest BCUT2D eigenvalue weighted by Gasteiger charge is 2.03. The van der Waals surface area contributed by atoms with Crippen molar-refractivity contribution in [1.29, 1.82) is 0 Å². The number of ether oxygens (including phenoxy) is 1. The van der Waals surface area contributed by atoms with Crippen molar-refractivity contribution >= 4 is 28.8 Å². The Labute approximate surface area is 123 Å². The lowest BCUT2D eigenvalue weighted by molar-refractivity contribution is 0.303. The highest BCUT2D eigenvalue weighted by Crippen LogP contribution is 2.22. The molecule has 2 aromatic rings. The Kier molecular flexibility index (Phi) is 4.73. The van der Waals surface area contributed by atoms with E-state index in [0.29, 0.717) is 12.4 Å². The second-order valence-electron chi connectivity index (χ2n) is 3.85. The quantitative estimate of drug-likeness (QED) is 0.384. The Morgan fingerprint density at radius 2 is 2.11 bits per heavy atom. The molecule has 5 heteroatoms. The summed E-state index contributed by atoms with van der Waals surface area (Å²) in [5.74, 6) is 0.435. The number of hydrogen-bond acceptors (Lipinski definition) is 3. The Balaban J connectivity index is 2.07. The van der Waals surface area contributed by atoms with E-state index in [1.165, 1.54) is 18.3 Å². The van der Waals surface area contributed by atoms with E-state index in [2.05, 4.69) is 27.7 Å². The Morgan fingerprint density at radius 1 is 1.26 bits per heavy atom. The molecule has 2 aromatic carbocycles. The molecule has 0 aliphatic heterocycles. The minimum atomic E-state index is -0.273. The smallest absolute Gasteiger partial charge is 0.133 e. The number of benzene rings is 2. The minimum absolute atomic E-state index is 0.273. The average molecular weight is 371 g/mol. The van der Waals surface area contributed by atoms with Crippen molar-refractivity contribution in [3.05, 3.63) is 63.0 Å². The molecule has 1 N–H and O–H groups in total. The van der Waals surface area contributed by atoms with Crippen LogP contribution in [0.3, 0.4) is 0 Å². The first-order valence-electron chi connectivity index (χ1n) is 5.53. The Hall–Kier alpha value is -1.63. The monoisotopic (exact) mass is 371 g/mol. The van der Waals surface area contributed by atoms with Gasteiger partial charge in [-0.25, -0.2) is 4.39 Å². The summed E-state index contributed by atoms with van der Waals surface area (Å²) in [6, 6.07) is 11.7. The molecule has 0 amide bonds. The van der Waals surface area contributed by atoms with Gasteiger partial charge in [-0.15, -0.1) is 0 Å². The molecule has 0 bridgehead atoms. The lowest BCUT2D eigenvalue weighted by Gasteiger charge is -2.08. The van der Waals surface area contributed by atoms with Crippen LogP contribution in [0.15, 0.2) is 47.6 Å². The number of nitrogens with zero attached hydrogens (tertiary/aromatic N) is 1. The molecule has 0 fully saturated rings. The third kappa shape index (κ3) is 3.92. The first-order chi connectivity index (χ1) is 9.19. The molecule has 0 spiro atoms. The van der Waals surface area contributed by atoms with Crippen LogP contribution in [0.25, 0.3) is 0 Å². The van der Waals surface area contributed by atoms with Crippen LogP contribution in [0.5, 0.6) is 5.75 Å². The van der Waals surface area contributed by atoms with Gasteiger partial charge >= 0.3 is 0 Å². The maximum absolute atomic E-state index is 13.0. The molecule has 0 unspecified atom stereocenters.